The molecule has 2 aromatic heterocycles. The maximum atomic E-state index is 12.5. The van der Waals surface area contributed by atoms with E-state index >= 15 is 0 Å². The van der Waals surface area contributed by atoms with Crippen LogP contribution in [0.3, 0.4) is 0 Å². The van der Waals surface area contributed by atoms with E-state index in [1.54, 1.807) is 24.3 Å². The van der Waals surface area contributed by atoms with Crippen LogP contribution in [0.1, 0.15) is 39.0 Å². The van der Waals surface area contributed by atoms with Crippen molar-refractivity contribution in [2.24, 2.45) is 0 Å². The van der Waals surface area contributed by atoms with Gasteiger partial charge in [0.2, 0.25) is 0 Å². The lowest BCUT2D eigenvalue weighted by molar-refractivity contribution is -0.149. The fourth-order valence-corrected chi connectivity index (χ4v) is 3.26. The highest BCUT2D eigenvalue weighted by Gasteiger charge is 2.41. The second kappa shape index (κ2) is 6.35. The van der Waals surface area contributed by atoms with Gasteiger partial charge in [0.25, 0.3) is 11.8 Å². The number of rotatable bonds is 4. The molecule has 0 N–H and O–H groups in total. The van der Waals surface area contributed by atoms with Gasteiger partial charge >= 0.3 is 5.97 Å². The number of ether oxygens (including phenoxy) is 1. The van der Waals surface area contributed by atoms with Gasteiger partial charge in [-0.2, -0.15) is 0 Å². The number of benzene rings is 1. The van der Waals surface area contributed by atoms with E-state index in [-0.39, 0.29) is 6.61 Å². The molecule has 1 atom stereocenters. The molecule has 1 aliphatic rings. The minimum Gasteiger partial charge on any atom is -0.458 e. The normalized spacial score (nSPS) is 14.5. The van der Waals surface area contributed by atoms with Crippen molar-refractivity contribution in [1.82, 2.24) is 14.3 Å². The molecule has 7 heteroatoms. The summed E-state index contributed by atoms with van der Waals surface area (Å²) in [4.78, 5) is 42.9. The lowest BCUT2D eigenvalue weighted by Gasteiger charge is -2.21. The van der Waals surface area contributed by atoms with E-state index in [9.17, 15) is 14.4 Å². The van der Waals surface area contributed by atoms with Crippen LogP contribution < -0.4 is 0 Å². The van der Waals surface area contributed by atoms with Crippen LogP contribution in [0.15, 0.2) is 48.7 Å². The zero-order valence-electron chi connectivity index (χ0n) is 14.9. The van der Waals surface area contributed by atoms with E-state index in [4.69, 9.17) is 4.74 Å². The molecule has 3 heterocycles. The number of amides is 2. The summed E-state index contributed by atoms with van der Waals surface area (Å²) in [6, 6.07) is 11.1. The zero-order valence-corrected chi connectivity index (χ0v) is 14.9. The third-order valence-electron chi connectivity index (χ3n) is 4.73. The number of aromatic nitrogens is 2. The number of imidazole rings is 1. The number of aryl methyl sites for hydroxylation is 1. The second-order valence-electron chi connectivity index (χ2n) is 6.38. The highest BCUT2D eigenvalue weighted by Crippen LogP contribution is 2.25. The molecule has 0 spiro atoms. The second-order valence-corrected chi connectivity index (χ2v) is 6.38. The molecule has 0 radical (unpaired) electrons. The standard InChI is InChI=1S/C20H17N3O4/c1-12-16(22-10-6-5-9-17(22)21-12)11-27-20(26)13(2)23-18(24)14-7-3-4-8-15(14)19(23)25/h3-10,13H,11H2,1-2H3. The van der Waals surface area contributed by atoms with Crippen LogP contribution in [0.4, 0.5) is 0 Å². The molecular formula is C20H17N3O4. The molecule has 0 saturated carbocycles. The van der Waals surface area contributed by atoms with E-state index in [1.807, 2.05) is 35.7 Å². The van der Waals surface area contributed by atoms with Crippen molar-refractivity contribution < 1.29 is 19.1 Å². The van der Waals surface area contributed by atoms with Gasteiger partial charge in [0.05, 0.1) is 22.5 Å². The topological polar surface area (TPSA) is 81.0 Å². The summed E-state index contributed by atoms with van der Waals surface area (Å²) < 4.78 is 7.24. The first-order valence-corrected chi connectivity index (χ1v) is 8.55. The number of nitrogens with zero attached hydrogens (tertiary/aromatic N) is 3. The SMILES string of the molecule is Cc1nc2ccccn2c1COC(=O)C(C)N1C(=O)c2ccccc2C1=O. The molecule has 0 fully saturated rings. The summed E-state index contributed by atoms with van der Waals surface area (Å²) in [5.74, 6) is -1.60. The van der Waals surface area contributed by atoms with Gasteiger partial charge in [0, 0.05) is 6.20 Å². The smallest absolute Gasteiger partial charge is 0.329 e. The van der Waals surface area contributed by atoms with Crippen molar-refractivity contribution in [2.45, 2.75) is 26.5 Å². The van der Waals surface area contributed by atoms with Crippen molar-refractivity contribution in [3.63, 3.8) is 0 Å². The molecule has 1 unspecified atom stereocenters. The zero-order chi connectivity index (χ0) is 19.1. The average molecular weight is 363 g/mol. The highest BCUT2D eigenvalue weighted by atomic mass is 16.5. The maximum absolute atomic E-state index is 12.5. The molecule has 7 nitrogen and oxygen atoms in total. The Bertz CT molecular complexity index is 1050. The van der Waals surface area contributed by atoms with Gasteiger partial charge in [-0.15, -0.1) is 0 Å². The number of hydrogen-bond donors (Lipinski definition) is 0. The Kier molecular flexibility index (Phi) is 3.99. The van der Waals surface area contributed by atoms with E-state index in [2.05, 4.69) is 4.98 Å². The van der Waals surface area contributed by atoms with Crippen molar-refractivity contribution in [1.29, 1.82) is 0 Å². The largest absolute Gasteiger partial charge is 0.458 e. The van der Waals surface area contributed by atoms with Crippen molar-refractivity contribution >= 4 is 23.4 Å². The summed E-state index contributed by atoms with van der Waals surface area (Å²) in [6.45, 7) is 3.33. The van der Waals surface area contributed by atoms with Gasteiger partial charge < -0.3 is 9.14 Å². The Hall–Kier alpha value is -3.48. The molecule has 3 aromatic rings. The summed E-state index contributed by atoms with van der Waals surface area (Å²) in [6.07, 6.45) is 1.84. The van der Waals surface area contributed by atoms with Crippen LogP contribution >= 0.6 is 0 Å². The Labute approximate surface area is 155 Å². The van der Waals surface area contributed by atoms with Gasteiger partial charge in [-0.05, 0) is 38.1 Å². The number of hydrogen-bond acceptors (Lipinski definition) is 5. The van der Waals surface area contributed by atoms with Gasteiger partial charge in [0.15, 0.2) is 0 Å². The molecule has 4 rings (SSSR count). The van der Waals surface area contributed by atoms with Crippen molar-refractivity contribution in [2.75, 3.05) is 0 Å². The van der Waals surface area contributed by atoms with Crippen molar-refractivity contribution in [3.8, 4) is 0 Å². The van der Waals surface area contributed by atoms with Crippen molar-refractivity contribution in [3.05, 3.63) is 71.2 Å². The fourth-order valence-electron chi connectivity index (χ4n) is 3.26. The maximum Gasteiger partial charge on any atom is 0.329 e. The predicted octanol–water partition coefficient (Wildman–Crippen LogP) is 2.37. The number of pyridine rings is 1. The molecule has 0 saturated heterocycles. The van der Waals surface area contributed by atoms with Gasteiger partial charge in [0.1, 0.15) is 18.3 Å². The summed E-state index contributed by atoms with van der Waals surface area (Å²) in [5, 5.41) is 0. The first-order valence-electron chi connectivity index (χ1n) is 8.55. The molecule has 0 bridgehead atoms. The molecule has 0 aliphatic carbocycles. The van der Waals surface area contributed by atoms with Crippen LogP contribution in [0.25, 0.3) is 5.65 Å². The van der Waals surface area contributed by atoms with E-state index in [0.717, 1.165) is 21.9 Å². The third kappa shape index (κ3) is 2.68. The Balaban J connectivity index is 1.51. The van der Waals surface area contributed by atoms with Gasteiger partial charge in [-0.25, -0.2) is 9.78 Å². The van der Waals surface area contributed by atoms with E-state index < -0.39 is 23.8 Å². The minimum absolute atomic E-state index is 0.00333. The fraction of sp³-hybridized carbons (Fsp3) is 0.200. The Morgan fingerprint density at radius 2 is 1.70 bits per heavy atom. The summed E-state index contributed by atoms with van der Waals surface area (Å²) in [7, 11) is 0. The predicted molar refractivity (Wildman–Crippen MR) is 96.1 cm³/mol. The first-order chi connectivity index (χ1) is 13.0. The highest BCUT2D eigenvalue weighted by molar-refractivity contribution is 6.22. The minimum atomic E-state index is -1.02. The Morgan fingerprint density at radius 1 is 1.07 bits per heavy atom. The molecule has 136 valence electrons. The van der Waals surface area contributed by atoms with Crippen LogP contribution in [0.2, 0.25) is 0 Å². The lowest BCUT2D eigenvalue weighted by Crippen LogP contribution is -2.43. The number of fused-ring (bicyclic) bond motifs is 2. The summed E-state index contributed by atoms with van der Waals surface area (Å²) >= 11 is 0. The molecule has 2 amide bonds. The molecular weight excluding hydrogens is 346 g/mol. The first kappa shape index (κ1) is 17.0. The van der Waals surface area contributed by atoms with Crippen LogP contribution in [0.5, 0.6) is 0 Å². The quantitative estimate of drug-likeness (QED) is 0.525. The van der Waals surface area contributed by atoms with E-state index in [1.165, 1.54) is 6.92 Å². The van der Waals surface area contributed by atoms with Gasteiger partial charge in [-0.1, -0.05) is 18.2 Å². The van der Waals surface area contributed by atoms with Gasteiger partial charge in [-0.3, -0.25) is 14.5 Å². The van der Waals surface area contributed by atoms with Crippen LogP contribution in [-0.2, 0) is 16.1 Å². The number of imide groups is 1. The lowest BCUT2D eigenvalue weighted by atomic mass is 10.1. The van der Waals surface area contributed by atoms with Crippen LogP contribution in [0, 0.1) is 6.92 Å². The molecule has 1 aliphatic heterocycles. The monoisotopic (exact) mass is 363 g/mol. The average Bonchev–Trinajstić information content (AvgIpc) is 3.13. The number of carbonyl (C=O) groups excluding carboxylic acids is 3. The number of carbonyl (C=O) groups is 3. The van der Waals surface area contributed by atoms with E-state index in [0.29, 0.717) is 11.1 Å². The third-order valence-corrected chi connectivity index (χ3v) is 4.73. The number of esters is 1. The Morgan fingerprint density at radius 3 is 2.37 bits per heavy atom. The molecule has 27 heavy (non-hydrogen) atoms. The molecule has 1 aromatic carbocycles. The summed E-state index contributed by atoms with van der Waals surface area (Å²) in [5.41, 5.74) is 2.87. The van der Waals surface area contributed by atoms with Crippen LogP contribution in [-0.4, -0.2) is 38.1 Å².